The van der Waals surface area contributed by atoms with E-state index in [4.69, 9.17) is 5.26 Å². The van der Waals surface area contributed by atoms with Gasteiger partial charge >= 0.3 is 0 Å². The molecule has 1 heteroatoms. The van der Waals surface area contributed by atoms with Crippen molar-refractivity contribution in [1.29, 1.82) is 5.26 Å². The van der Waals surface area contributed by atoms with Crippen LogP contribution in [0.4, 0.5) is 0 Å². The average Bonchev–Trinajstić information content (AvgIpc) is 2.07. The number of nitrogens with zero attached hydrogens (tertiary/aromatic N) is 1. The third-order valence-electron chi connectivity index (χ3n) is 2.27. The smallest absolute Gasteiger partial charge is 0.0663 e. The molecule has 0 aromatic rings. The summed E-state index contributed by atoms with van der Waals surface area (Å²) in [4.78, 5) is 0. The molecule has 0 heterocycles. The normalized spacial score (nSPS) is 20.3. The van der Waals surface area contributed by atoms with Crippen molar-refractivity contribution >= 4 is 0 Å². The lowest BCUT2D eigenvalue weighted by Gasteiger charge is -2.17. The minimum absolute atomic E-state index is 0.580. The predicted octanol–water partition coefficient (Wildman–Crippen LogP) is 3.04. The van der Waals surface area contributed by atoms with Gasteiger partial charge in [-0.05, 0) is 18.8 Å². The van der Waals surface area contributed by atoms with Crippen LogP contribution in [0.5, 0.6) is 0 Å². The van der Waals surface area contributed by atoms with Crippen molar-refractivity contribution in [2.75, 3.05) is 0 Å². The standard InChI is InChI=1S/C10H15N/c11-9-5-4-8-10-6-2-1-3-7-10/h4,8,10H,1-3,5-7H2. The second-order valence-electron chi connectivity index (χ2n) is 3.19. The Morgan fingerprint density at radius 2 is 2.00 bits per heavy atom. The molecule has 0 aromatic carbocycles. The fourth-order valence-electron chi connectivity index (χ4n) is 1.64. The summed E-state index contributed by atoms with van der Waals surface area (Å²) in [5.74, 6) is 0.775. The van der Waals surface area contributed by atoms with Crippen LogP contribution < -0.4 is 0 Å². The van der Waals surface area contributed by atoms with Crippen molar-refractivity contribution in [3.8, 4) is 6.07 Å². The van der Waals surface area contributed by atoms with Gasteiger partial charge in [-0.25, -0.2) is 0 Å². The van der Waals surface area contributed by atoms with E-state index in [-0.39, 0.29) is 0 Å². The topological polar surface area (TPSA) is 23.8 Å². The Labute approximate surface area is 68.7 Å². The largest absolute Gasteiger partial charge is 0.198 e. The first kappa shape index (κ1) is 8.33. The third-order valence-corrected chi connectivity index (χ3v) is 2.27. The highest BCUT2D eigenvalue weighted by Crippen LogP contribution is 2.24. The van der Waals surface area contributed by atoms with Crippen LogP contribution in [0.1, 0.15) is 38.5 Å². The molecule has 0 amide bonds. The third kappa shape index (κ3) is 3.23. The first-order valence-electron chi connectivity index (χ1n) is 4.47. The molecular weight excluding hydrogens is 134 g/mol. The van der Waals surface area contributed by atoms with Gasteiger partial charge in [0.1, 0.15) is 0 Å². The van der Waals surface area contributed by atoms with Gasteiger partial charge < -0.3 is 0 Å². The van der Waals surface area contributed by atoms with E-state index in [1.807, 2.05) is 6.08 Å². The lowest BCUT2D eigenvalue weighted by Crippen LogP contribution is -2.02. The van der Waals surface area contributed by atoms with E-state index in [0.717, 1.165) is 5.92 Å². The van der Waals surface area contributed by atoms with Gasteiger partial charge in [-0.15, -0.1) is 0 Å². The Kier molecular flexibility index (Phi) is 3.75. The van der Waals surface area contributed by atoms with Gasteiger partial charge in [-0.1, -0.05) is 31.4 Å². The molecule has 0 N–H and O–H groups in total. The van der Waals surface area contributed by atoms with E-state index in [1.54, 1.807) is 0 Å². The molecule has 1 nitrogen and oxygen atoms in total. The number of rotatable bonds is 2. The zero-order valence-corrected chi connectivity index (χ0v) is 6.92. The summed E-state index contributed by atoms with van der Waals surface area (Å²) in [7, 11) is 0. The molecule has 1 fully saturated rings. The molecule has 1 aliphatic rings. The molecule has 1 rings (SSSR count). The van der Waals surface area contributed by atoms with Crippen LogP contribution in [0.25, 0.3) is 0 Å². The number of nitriles is 1. The van der Waals surface area contributed by atoms with E-state index in [9.17, 15) is 0 Å². The molecule has 1 saturated carbocycles. The van der Waals surface area contributed by atoms with E-state index in [1.165, 1.54) is 32.1 Å². The zero-order valence-electron chi connectivity index (χ0n) is 6.92. The van der Waals surface area contributed by atoms with E-state index >= 15 is 0 Å². The Balaban J connectivity index is 2.19. The predicted molar refractivity (Wildman–Crippen MR) is 45.9 cm³/mol. The van der Waals surface area contributed by atoms with Crippen LogP contribution >= 0.6 is 0 Å². The van der Waals surface area contributed by atoms with Gasteiger partial charge in [0.2, 0.25) is 0 Å². The number of hydrogen-bond donors (Lipinski definition) is 0. The Morgan fingerprint density at radius 1 is 1.27 bits per heavy atom. The van der Waals surface area contributed by atoms with Crippen molar-refractivity contribution in [1.82, 2.24) is 0 Å². The van der Waals surface area contributed by atoms with Crippen LogP contribution in [0, 0.1) is 17.2 Å². The Hall–Kier alpha value is -0.770. The molecule has 0 unspecified atom stereocenters. The summed E-state index contributed by atoms with van der Waals surface area (Å²) in [6.45, 7) is 0. The Morgan fingerprint density at radius 3 is 2.64 bits per heavy atom. The Bertz CT molecular complexity index is 158. The molecule has 0 atom stereocenters. The highest BCUT2D eigenvalue weighted by atomic mass is 14.2. The molecule has 0 bridgehead atoms. The second kappa shape index (κ2) is 4.96. The lowest BCUT2D eigenvalue weighted by molar-refractivity contribution is 0.419. The van der Waals surface area contributed by atoms with E-state index in [2.05, 4.69) is 12.1 Å². The van der Waals surface area contributed by atoms with Crippen molar-refractivity contribution in [3.63, 3.8) is 0 Å². The summed E-state index contributed by atoms with van der Waals surface area (Å²) < 4.78 is 0. The molecule has 0 radical (unpaired) electrons. The zero-order chi connectivity index (χ0) is 7.94. The van der Waals surface area contributed by atoms with Crippen molar-refractivity contribution < 1.29 is 0 Å². The molecule has 0 aliphatic heterocycles. The maximum absolute atomic E-state index is 8.29. The average molecular weight is 149 g/mol. The van der Waals surface area contributed by atoms with Crippen molar-refractivity contribution in [2.45, 2.75) is 38.5 Å². The molecule has 0 saturated heterocycles. The molecular formula is C10H15N. The summed E-state index contributed by atoms with van der Waals surface area (Å²) in [5, 5.41) is 8.29. The molecule has 1 aliphatic carbocycles. The van der Waals surface area contributed by atoms with E-state index in [0.29, 0.717) is 6.42 Å². The summed E-state index contributed by atoms with van der Waals surface area (Å²) in [6, 6.07) is 2.12. The maximum Gasteiger partial charge on any atom is 0.0663 e. The van der Waals surface area contributed by atoms with Gasteiger partial charge in [0.05, 0.1) is 12.5 Å². The highest BCUT2D eigenvalue weighted by Gasteiger charge is 2.08. The SMILES string of the molecule is N#CCC=CC1CCCCC1. The van der Waals surface area contributed by atoms with Gasteiger partial charge in [0, 0.05) is 0 Å². The minimum atomic E-state index is 0.580. The van der Waals surface area contributed by atoms with Crippen LogP contribution in [0.3, 0.4) is 0 Å². The van der Waals surface area contributed by atoms with Gasteiger partial charge in [0.25, 0.3) is 0 Å². The van der Waals surface area contributed by atoms with Crippen molar-refractivity contribution in [2.24, 2.45) is 5.92 Å². The monoisotopic (exact) mass is 149 g/mol. The number of allylic oxidation sites excluding steroid dienone is 2. The maximum atomic E-state index is 8.29. The molecule has 0 spiro atoms. The fraction of sp³-hybridized carbons (Fsp3) is 0.700. The summed E-state index contributed by atoms with van der Waals surface area (Å²) in [6.07, 6.45) is 11.6. The number of hydrogen-bond acceptors (Lipinski definition) is 1. The first-order chi connectivity index (χ1) is 5.43. The van der Waals surface area contributed by atoms with Gasteiger partial charge in [-0.3, -0.25) is 0 Å². The minimum Gasteiger partial charge on any atom is -0.198 e. The van der Waals surface area contributed by atoms with Gasteiger partial charge in [-0.2, -0.15) is 5.26 Å². The quantitative estimate of drug-likeness (QED) is 0.553. The van der Waals surface area contributed by atoms with Crippen LogP contribution in [0.15, 0.2) is 12.2 Å². The lowest BCUT2D eigenvalue weighted by atomic mass is 9.89. The second-order valence-corrected chi connectivity index (χ2v) is 3.19. The first-order valence-corrected chi connectivity index (χ1v) is 4.47. The molecule has 11 heavy (non-hydrogen) atoms. The van der Waals surface area contributed by atoms with Crippen LogP contribution in [-0.4, -0.2) is 0 Å². The molecule has 0 aromatic heterocycles. The van der Waals surface area contributed by atoms with Crippen molar-refractivity contribution in [3.05, 3.63) is 12.2 Å². The van der Waals surface area contributed by atoms with Crippen LogP contribution in [0.2, 0.25) is 0 Å². The van der Waals surface area contributed by atoms with Crippen LogP contribution in [-0.2, 0) is 0 Å². The summed E-state index contributed by atoms with van der Waals surface area (Å²) >= 11 is 0. The summed E-state index contributed by atoms with van der Waals surface area (Å²) in [5.41, 5.74) is 0. The van der Waals surface area contributed by atoms with Gasteiger partial charge in [0.15, 0.2) is 0 Å². The molecule has 60 valence electrons. The van der Waals surface area contributed by atoms with E-state index < -0.39 is 0 Å². The highest BCUT2D eigenvalue weighted by molar-refractivity contribution is 4.94. The fourth-order valence-corrected chi connectivity index (χ4v) is 1.64.